The highest BCUT2D eigenvalue weighted by atomic mass is 16.5. The first kappa shape index (κ1) is 17.7. The van der Waals surface area contributed by atoms with Gasteiger partial charge in [0.25, 0.3) is 5.56 Å². The summed E-state index contributed by atoms with van der Waals surface area (Å²) in [6.45, 7) is 4.50. The van der Waals surface area contributed by atoms with Gasteiger partial charge in [0.15, 0.2) is 0 Å². The zero-order chi connectivity index (χ0) is 18.1. The number of ether oxygens (including phenoxy) is 1. The van der Waals surface area contributed by atoms with Gasteiger partial charge in [-0.05, 0) is 50.8 Å². The SMILES string of the molecule is CN1CC(CN2CCC(Cn3nc(C4CC4)ccc3=O)CC2)OCC1=O. The second kappa shape index (κ2) is 7.48. The lowest BCUT2D eigenvalue weighted by atomic mass is 9.96. The van der Waals surface area contributed by atoms with E-state index in [1.165, 1.54) is 12.8 Å². The van der Waals surface area contributed by atoms with Crippen molar-refractivity contribution in [1.82, 2.24) is 19.6 Å². The zero-order valence-corrected chi connectivity index (χ0v) is 15.5. The molecule has 3 aliphatic rings. The van der Waals surface area contributed by atoms with Gasteiger partial charge in [-0.2, -0.15) is 5.10 Å². The Bertz CT molecular complexity index is 707. The summed E-state index contributed by atoms with van der Waals surface area (Å²) in [4.78, 5) is 27.8. The number of carbonyl (C=O) groups is 1. The fourth-order valence-electron chi connectivity index (χ4n) is 3.95. The number of piperidine rings is 1. The molecule has 1 amide bonds. The molecule has 1 saturated carbocycles. The zero-order valence-electron chi connectivity index (χ0n) is 15.5. The van der Waals surface area contributed by atoms with Crippen LogP contribution in [0.5, 0.6) is 0 Å². The third kappa shape index (κ3) is 4.15. The number of carbonyl (C=O) groups excluding carboxylic acids is 1. The molecule has 0 bridgehead atoms. The molecule has 1 aliphatic carbocycles. The van der Waals surface area contributed by atoms with Gasteiger partial charge in [0.2, 0.25) is 5.91 Å². The average Bonchev–Trinajstić information content (AvgIpc) is 3.47. The molecule has 1 aromatic heterocycles. The number of hydrogen-bond donors (Lipinski definition) is 0. The highest BCUT2D eigenvalue weighted by Crippen LogP contribution is 2.38. The van der Waals surface area contributed by atoms with Crippen LogP contribution in [0.1, 0.15) is 37.3 Å². The van der Waals surface area contributed by atoms with Gasteiger partial charge in [-0.25, -0.2) is 4.68 Å². The molecule has 0 spiro atoms. The van der Waals surface area contributed by atoms with Crippen molar-refractivity contribution in [3.63, 3.8) is 0 Å². The Morgan fingerprint density at radius 1 is 1.12 bits per heavy atom. The van der Waals surface area contributed by atoms with Crippen LogP contribution in [-0.2, 0) is 16.1 Å². The molecular weight excluding hydrogens is 332 g/mol. The number of amides is 1. The van der Waals surface area contributed by atoms with E-state index in [4.69, 9.17) is 4.74 Å². The normalized spacial score (nSPS) is 25.7. The van der Waals surface area contributed by atoms with E-state index in [2.05, 4.69) is 10.00 Å². The lowest BCUT2D eigenvalue weighted by Crippen LogP contribution is -2.50. The van der Waals surface area contributed by atoms with Gasteiger partial charge in [0.1, 0.15) is 6.61 Å². The Morgan fingerprint density at radius 3 is 2.58 bits per heavy atom. The van der Waals surface area contributed by atoms with Crippen molar-refractivity contribution in [2.24, 2.45) is 5.92 Å². The van der Waals surface area contributed by atoms with Crippen LogP contribution in [-0.4, -0.2) is 71.4 Å². The molecule has 3 heterocycles. The number of likely N-dealkylation sites (tertiary alicyclic amines) is 1. The first-order valence-electron chi connectivity index (χ1n) is 9.74. The fourth-order valence-corrected chi connectivity index (χ4v) is 3.95. The molecule has 1 aromatic rings. The van der Waals surface area contributed by atoms with E-state index in [0.717, 1.165) is 44.7 Å². The van der Waals surface area contributed by atoms with Gasteiger partial charge < -0.3 is 14.5 Å². The van der Waals surface area contributed by atoms with Crippen molar-refractivity contribution < 1.29 is 9.53 Å². The van der Waals surface area contributed by atoms with E-state index in [-0.39, 0.29) is 24.2 Å². The smallest absolute Gasteiger partial charge is 0.266 e. The Hall–Kier alpha value is -1.73. The van der Waals surface area contributed by atoms with Gasteiger partial charge in [0, 0.05) is 38.7 Å². The molecule has 2 saturated heterocycles. The number of rotatable bonds is 5. The Labute approximate surface area is 153 Å². The molecule has 4 rings (SSSR count). The summed E-state index contributed by atoms with van der Waals surface area (Å²) in [7, 11) is 1.84. The third-order valence-corrected chi connectivity index (χ3v) is 5.83. The highest BCUT2D eigenvalue weighted by Gasteiger charge is 2.28. The molecule has 1 atom stereocenters. The molecule has 7 nitrogen and oxygen atoms in total. The summed E-state index contributed by atoms with van der Waals surface area (Å²) in [5.41, 5.74) is 1.09. The number of aromatic nitrogens is 2. The number of likely N-dealkylation sites (N-methyl/N-ethyl adjacent to an activating group) is 1. The van der Waals surface area contributed by atoms with Crippen molar-refractivity contribution in [2.75, 3.05) is 39.8 Å². The topological polar surface area (TPSA) is 67.7 Å². The lowest BCUT2D eigenvalue weighted by Gasteiger charge is -2.37. The summed E-state index contributed by atoms with van der Waals surface area (Å²) in [5.74, 6) is 1.14. The molecule has 0 aromatic carbocycles. The molecule has 1 unspecified atom stereocenters. The van der Waals surface area contributed by atoms with Crippen LogP contribution in [0.4, 0.5) is 0 Å². The summed E-state index contributed by atoms with van der Waals surface area (Å²) in [6.07, 6.45) is 4.65. The Kier molecular flexibility index (Phi) is 5.09. The average molecular weight is 360 g/mol. The molecule has 142 valence electrons. The first-order valence-corrected chi connectivity index (χ1v) is 9.74. The first-order chi connectivity index (χ1) is 12.6. The summed E-state index contributed by atoms with van der Waals surface area (Å²) < 4.78 is 7.33. The molecular formula is C19H28N4O3. The van der Waals surface area contributed by atoms with Gasteiger partial charge in [-0.15, -0.1) is 0 Å². The maximum atomic E-state index is 12.1. The van der Waals surface area contributed by atoms with Gasteiger partial charge in [0.05, 0.1) is 11.8 Å². The predicted molar refractivity (Wildman–Crippen MR) is 97.0 cm³/mol. The lowest BCUT2D eigenvalue weighted by molar-refractivity contribution is -0.148. The van der Waals surface area contributed by atoms with E-state index < -0.39 is 0 Å². The molecule has 0 N–H and O–H groups in total. The van der Waals surface area contributed by atoms with Crippen molar-refractivity contribution in [2.45, 2.75) is 44.2 Å². The van der Waals surface area contributed by atoms with Gasteiger partial charge >= 0.3 is 0 Å². The van der Waals surface area contributed by atoms with Crippen LogP contribution in [0, 0.1) is 5.92 Å². The van der Waals surface area contributed by atoms with Crippen LogP contribution in [0.3, 0.4) is 0 Å². The standard InChI is InChI=1S/C19H28N4O3/c1-21-11-16(26-13-19(21)25)12-22-8-6-14(7-9-22)10-23-18(24)5-4-17(20-23)15-2-3-15/h4-5,14-16H,2-3,6-13H2,1H3. The van der Waals surface area contributed by atoms with Crippen molar-refractivity contribution >= 4 is 5.91 Å². The summed E-state index contributed by atoms with van der Waals surface area (Å²) in [6, 6.07) is 3.57. The Morgan fingerprint density at radius 2 is 1.88 bits per heavy atom. The third-order valence-electron chi connectivity index (χ3n) is 5.83. The maximum Gasteiger partial charge on any atom is 0.266 e. The highest BCUT2D eigenvalue weighted by molar-refractivity contribution is 5.77. The van der Waals surface area contributed by atoms with Crippen molar-refractivity contribution in [3.05, 3.63) is 28.2 Å². The Balaban J connectivity index is 1.27. The van der Waals surface area contributed by atoms with Crippen molar-refractivity contribution in [3.8, 4) is 0 Å². The maximum absolute atomic E-state index is 12.1. The van der Waals surface area contributed by atoms with Crippen LogP contribution < -0.4 is 5.56 Å². The van der Waals surface area contributed by atoms with Gasteiger partial charge in [-0.3, -0.25) is 9.59 Å². The fraction of sp³-hybridized carbons (Fsp3) is 0.737. The van der Waals surface area contributed by atoms with Crippen LogP contribution in [0.15, 0.2) is 16.9 Å². The van der Waals surface area contributed by atoms with Crippen LogP contribution >= 0.6 is 0 Å². The van der Waals surface area contributed by atoms with E-state index in [1.54, 1.807) is 15.6 Å². The number of nitrogens with zero attached hydrogens (tertiary/aromatic N) is 4. The molecule has 3 fully saturated rings. The summed E-state index contributed by atoms with van der Waals surface area (Å²) >= 11 is 0. The van der Waals surface area contributed by atoms with E-state index in [9.17, 15) is 9.59 Å². The number of hydrogen-bond acceptors (Lipinski definition) is 5. The second-order valence-electron chi connectivity index (χ2n) is 8.00. The summed E-state index contributed by atoms with van der Waals surface area (Å²) in [5, 5.41) is 4.59. The van der Waals surface area contributed by atoms with Gasteiger partial charge in [-0.1, -0.05) is 0 Å². The minimum Gasteiger partial charge on any atom is -0.365 e. The second-order valence-corrected chi connectivity index (χ2v) is 8.00. The predicted octanol–water partition coefficient (Wildman–Crippen LogP) is 0.690. The van der Waals surface area contributed by atoms with E-state index >= 15 is 0 Å². The minimum atomic E-state index is 0.0140. The molecule has 26 heavy (non-hydrogen) atoms. The quantitative estimate of drug-likeness (QED) is 0.773. The number of morpholine rings is 1. The molecule has 7 heteroatoms. The van der Waals surface area contributed by atoms with E-state index in [1.807, 2.05) is 13.1 Å². The molecule has 0 radical (unpaired) electrons. The van der Waals surface area contributed by atoms with Crippen LogP contribution in [0.2, 0.25) is 0 Å². The minimum absolute atomic E-state index is 0.0140. The van der Waals surface area contributed by atoms with Crippen LogP contribution in [0.25, 0.3) is 0 Å². The van der Waals surface area contributed by atoms with E-state index in [0.29, 0.717) is 18.4 Å². The molecule has 2 aliphatic heterocycles. The largest absolute Gasteiger partial charge is 0.365 e. The van der Waals surface area contributed by atoms with Crippen molar-refractivity contribution in [1.29, 1.82) is 0 Å². The monoisotopic (exact) mass is 360 g/mol.